The first kappa shape index (κ1) is 14.6. The van der Waals surface area contributed by atoms with Crippen LogP contribution < -0.4 is 5.73 Å². The number of ketones is 1. The number of sulfone groups is 1. The number of hydrogen-bond donors (Lipinski definition) is 1. The number of nitrogens with two attached hydrogens (primary N) is 1. The number of hydrogen-bond acceptors (Lipinski definition) is 4. The van der Waals surface area contributed by atoms with Crippen molar-refractivity contribution in [2.24, 2.45) is 17.6 Å². The fraction of sp³-hybridized carbons (Fsp3) is 0.917. The van der Waals surface area contributed by atoms with Crippen LogP contribution in [0.15, 0.2) is 0 Å². The summed E-state index contributed by atoms with van der Waals surface area (Å²) in [5.74, 6) is 0.574. The topological polar surface area (TPSA) is 77.2 Å². The summed E-state index contributed by atoms with van der Waals surface area (Å²) < 4.78 is 23.0. The highest BCUT2D eigenvalue weighted by molar-refractivity contribution is 7.91. The molecule has 17 heavy (non-hydrogen) atoms. The van der Waals surface area contributed by atoms with Gasteiger partial charge in [-0.15, -0.1) is 0 Å². The van der Waals surface area contributed by atoms with E-state index in [0.717, 1.165) is 19.3 Å². The summed E-state index contributed by atoms with van der Waals surface area (Å²) in [5, 5.41) is 0. The van der Waals surface area contributed by atoms with Gasteiger partial charge in [-0.1, -0.05) is 13.3 Å². The van der Waals surface area contributed by atoms with E-state index in [-0.39, 0.29) is 35.5 Å². The second kappa shape index (κ2) is 6.50. The van der Waals surface area contributed by atoms with Crippen molar-refractivity contribution >= 4 is 15.6 Å². The van der Waals surface area contributed by atoms with Crippen LogP contribution >= 0.6 is 0 Å². The molecule has 0 saturated heterocycles. The molecule has 2 N–H and O–H groups in total. The van der Waals surface area contributed by atoms with Gasteiger partial charge < -0.3 is 5.73 Å². The molecule has 1 rings (SSSR count). The zero-order valence-corrected chi connectivity index (χ0v) is 11.3. The van der Waals surface area contributed by atoms with E-state index >= 15 is 0 Å². The predicted octanol–water partition coefficient (Wildman–Crippen LogP) is 1.15. The van der Waals surface area contributed by atoms with E-state index in [2.05, 4.69) is 0 Å². The van der Waals surface area contributed by atoms with Crippen LogP contribution in [-0.2, 0) is 14.6 Å². The molecule has 0 aromatic rings. The summed E-state index contributed by atoms with van der Waals surface area (Å²) in [4.78, 5) is 11.9. The van der Waals surface area contributed by atoms with Crippen LogP contribution in [0.1, 0.15) is 39.0 Å². The van der Waals surface area contributed by atoms with Crippen LogP contribution in [0.2, 0.25) is 0 Å². The van der Waals surface area contributed by atoms with Gasteiger partial charge in [0.1, 0.15) is 5.78 Å². The SMILES string of the molecule is CCCS(=O)(=O)CCC(=O)C1CCCC1CN. The number of carbonyl (C=O) groups is 1. The van der Waals surface area contributed by atoms with Crippen molar-refractivity contribution in [1.29, 1.82) is 0 Å². The first-order valence-electron chi connectivity index (χ1n) is 6.43. The van der Waals surface area contributed by atoms with Crippen molar-refractivity contribution in [3.05, 3.63) is 0 Å². The average Bonchev–Trinajstić information content (AvgIpc) is 2.74. The Morgan fingerprint density at radius 2 is 2.00 bits per heavy atom. The molecule has 0 radical (unpaired) electrons. The monoisotopic (exact) mass is 261 g/mol. The lowest BCUT2D eigenvalue weighted by atomic mass is 9.91. The molecule has 1 fully saturated rings. The van der Waals surface area contributed by atoms with Crippen LogP contribution in [0, 0.1) is 11.8 Å². The molecule has 0 bridgehead atoms. The highest BCUT2D eigenvalue weighted by Crippen LogP contribution is 2.32. The fourth-order valence-electron chi connectivity index (χ4n) is 2.60. The molecule has 1 aliphatic carbocycles. The minimum Gasteiger partial charge on any atom is -0.330 e. The average molecular weight is 261 g/mol. The number of rotatable bonds is 7. The Morgan fingerprint density at radius 3 is 2.59 bits per heavy atom. The smallest absolute Gasteiger partial charge is 0.150 e. The summed E-state index contributed by atoms with van der Waals surface area (Å²) in [7, 11) is -3.03. The molecular weight excluding hydrogens is 238 g/mol. The molecule has 100 valence electrons. The van der Waals surface area contributed by atoms with E-state index in [1.54, 1.807) is 0 Å². The van der Waals surface area contributed by atoms with Crippen LogP contribution in [0.4, 0.5) is 0 Å². The van der Waals surface area contributed by atoms with Crippen molar-refractivity contribution in [2.45, 2.75) is 39.0 Å². The normalized spacial score (nSPS) is 25.1. The Labute approximate surface area is 104 Å². The minimum atomic E-state index is -3.03. The van der Waals surface area contributed by atoms with E-state index in [4.69, 9.17) is 5.73 Å². The van der Waals surface area contributed by atoms with E-state index in [1.807, 2.05) is 6.92 Å². The van der Waals surface area contributed by atoms with Crippen molar-refractivity contribution in [2.75, 3.05) is 18.1 Å². The molecule has 0 spiro atoms. The Bertz CT molecular complexity index is 351. The van der Waals surface area contributed by atoms with Gasteiger partial charge in [0, 0.05) is 18.1 Å². The number of Topliss-reactive ketones (excluding diaryl/α,β-unsaturated/α-hetero) is 1. The fourth-order valence-corrected chi connectivity index (χ4v) is 3.94. The van der Waals surface area contributed by atoms with Gasteiger partial charge >= 0.3 is 0 Å². The Morgan fingerprint density at radius 1 is 1.29 bits per heavy atom. The van der Waals surface area contributed by atoms with Crippen molar-refractivity contribution in [3.8, 4) is 0 Å². The van der Waals surface area contributed by atoms with Gasteiger partial charge in [-0.2, -0.15) is 0 Å². The summed E-state index contributed by atoms with van der Waals surface area (Å²) >= 11 is 0. The zero-order valence-electron chi connectivity index (χ0n) is 10.5. The summed E-state index contributed by atoms with van der Waals surface area (Å²) in [6, 6.07) is 0. The van der Waals surface area contributed by atoms with Crippen LogP contribution in [0.3, 0.4) is 0 Å². The third-order valence-electron chi connectivity index (χ3n) is 3.55. The van der Waals surface area contributed by atoms with Crippen LogP contribution in [-0.4, -0.2) is 32.3 Å². The molecule has 1 saturated carbocycles. The first-order valence-corrected chi connectivity index (χ1v) is 8.25. The lowest BCUT2D eigenvalue weighted by molar-refractivity contribution is -0.123. The molecule has 0 heterocycles. The molecule has 0 aromatic heterocycles. The highest BCUT2D eigenvalue weighted by atomic mass is 32.2. The summed E-state index contributed by atoms with van der Waals surface area (Å²) in [5.41, 5.74) is 5.62. The molecule has 4 nitrogen and oxygen atoms in total. The van der Waals surface area contributed by atoms with E-state index < -0.39 is 9.84 Å². The van der Waals surface area contributed by atoms with E-state index in [9.17, 15) is 13.2 Å². The zero-order chi connectivity index (χ0) is 12.9. The summed E-state index contributed by atoms with van der Waals surface area (Å²) in [6.45, 7) is 2.37. The largest absolute Gasteiger partial charge is 0.330 e. The maximum atomic E-state index is 11.9. The number of carbonyl (C=O) groups excluding carboxylic acids is 1. The van der Waals surface area contributed by atoms with Crippen molar-refractivity contribution < 1.29 is 13.2 Å². The van der Waals surface area contributed by atoms with Gasteiger partial charge in [-0.05, 0) is 31.7 Å². The maximum Gasteiger partial charge on any atom is 0.150 e. The molecule has 0 aliphatic heterocycles. The van der Waals surface area contributed by atoms with Gasteiger partial charge in [0.2, 0.25) is 0 Å². The van der Waals surface area contributed by atoms with Gasteiger partial charge in [0.05, 0.1) is 5.75 Å². The second-order valence-corrected chi connectivity index (χ2v) is 7.20. The third kappa shape index (κ3) is 4.39. The Kier molecular flexibility index (Phi) is 5.59. The van der Waals surface area contributed by atoms with Gasteiger partial charge in [-0.25, -0.2) is 8.42 Å². The van der Waals surface area contributed by atoms with Crippen molar-refractivity contribution in [3.63, 3.8) is 0 Å². The lowest BCUT2D eigenvalue weighted by Gasteiger charge is -2.16. The minimum absolute atomic E-state index is 0.00741. The molecule has 2 atom stereocenters. The third-order valence-corrected chi connectivity index (χ3v) is 5.41. The van der Waals surface area contributed by atoms with Gasteiger partial charge in [0.25, 0.3) is 0 Å². The van der Waals surface area contributed by atoms with E-state index in [1.165, 1.54) is 0 Å². The maximum absolute atomic E-state index is 11.9. The first-order chi connectivity index (χ1) is 8.00. The van der Waals surface area contributed by atoms with Crippen LogP contribution in [0.25, 0.3) is 0 Å². The Balaban J connectivity index is 2.44. The molecule has 0 aromatic carbocycles. The van der Waals surface area contributed by atoms with Gasteiger partial charge in [0.15, 0.2) is 9.84 Å². The molecule has 5 heteroatoms. The highest BCUT2D eigenvalue weighted by Gasteiger charge is 2.31. The molecular formula is C12H23NO3S. The second-order valence-electron chi connectivity index (χ2n) is 4.90. The predicted molar refractivity (Wildman–Crippen MR) is 68.5 cm³/mol. The van der Waals surface area contributed by atoms with Crippen molar-refractivity contribution in [1.82, 2.24) is 0 Å². The lowest BCUT2D eigenvalue weighted by Crippen LogP contribution is -2.26. The Hall–Kier alpha value is -0.420. The molecule has 0 amide bonds. The molecule has 1 aliphatic rings. The summed E-state index contributed by atoms with van der Waals surface area (Å²) in [6.07, 6.45) is 3.72. The van der Waals surface area contributed by atoms with Gasteiger partial charge in [-0.3, -0.25) is 4.79 Å². The molecule has 2 unspecified atom stereocenters. The standard InChI is InChI=1S/C12H23NO3S/c1-2-7-17(15,16)8-6-12(14)11-5-3-4-10(11)9-13/h10-11H,2-9,13H2,1H3. The van der Waals surface area contributed by atoms with E-state index in [0.29, 0.717) is 13.0 Å². The van der Waals surface area contributed by atoms with Crippen LogP contribution in [0.5, 0.6) is 0 Å². The quantitative estimate of drug-likeness (QED) is 0.745.